The van der Waals surface area contributed by atoms with Crippen LogP contribution in [-0.2, 0) is 0 Å². The molecule has 2 saturated heterocycles. The average molecular weight is 491 g/mol. The topological polar surface area (TPSA) is 69.5 Å². The second-order valence-corrected chi connectivity index (χ2v) is 8.53. The van der Waals surface area contributed by atoms with Crippen molar-refractivity contribution in [3.05, 3.63) is 33.4 Å². The van der Waals surface area contributed by atoms with Gasteiger partial charge in [-0.25, -0.2) is 5.43 Å². The highest BCUT2D eigenvalue weighted by Crippen LogP contribution is 2.22. The Balaban J connectivity index is 1.55. The Labute approximate surface area is 179 Å². The van der Waals surface area contributed by atoms with Crippen LogP contribution in [0.2, 0.25) is 0 Å². The maximum Gasteiger partial charge on any atom is 0.250 e. The molecule has 2 aromatic rings. The molecule has 0 bridgehead atoms. The largest absolute Gasteiger partial charge is 0.341 e. The summed E-state index contributed by atoms with van der Waals surface area (Å²) in [6.07, 6.45) is 9.14. The van der Waals surface area contributed by atoms with Gasteiger partial charge in [0.15, 0.2) is 0 Å². The third-order valence-electron chi connectivity index (χ3n) is 5.12. The summed E-state index contributed by atoms with van der Waals surface area (Å²) in [4.78, 5) is 18.6. The summed E-state index contributed by atoms with van der Waals surface area (Å²) >= 11 is 2.30. The van der Waals surface area contributed by atoms with Gasteiger partial charge in [-0.15, -0.1) is 0 Å². The molecule has 0 spiro atoms. The number of benzene rings is 1. The van der Waals surface area contributed by atoms with Crippen LogP contribution < -0.4 is 15.2 Å². The third-order valence-corrected chi connectivity index (χ3v) is 5.79. The van der Waals surface area contributed by atoms with E-state index in [9.17, 15) is 0 Å². The van der Waals surface area contributed by atoms with Crippen LogP contribution in [0.4, 0.5) is 17.8 Å². The minimum Gasteiger partial charge on any atom is -0.341 e. The van der Waals surface area contributed by atoms with Gasteiger partial charge in [0.1, 0.15) is 0 Å². The summed E-state index contributed by atoms with van der Waals surface area (Å²) in [7, 11) is 0. The van der Waals surface area contributed by atoms with Crippen LogP contribution in [0.25, 0.3) is 0 Å². The van der Waals surface area contributed by atoms with E-state index in [0.29, 0.717) is 5.95 Å². The first-order valence-electron chi connectivity index (χ1n) is 10.1. The molecule has 28 heavy (non-hydrogen) atoms. The summed E-state index contributed by atoms with van der Waals surface area (Å²) in [5.74, 6) is 2.04. The van der Waals surface area contributed by atoms with E-state index in [-0.39, 0.29) is 0 Å². The molecule has 0 aliphatic carbocycles. The van der Waals surface area contributed by atoms with E-state index in [1.54, 1.807) is 6.21 Å². The Morgan fingerprint density at radius 2 is 1.46 bits per heavy atom. The fourth-order valence-electron chi connectivity index (χ4n) is 3.63. The van der Waals surface area contributed by atoms with E-state index in [1.807, 2.05) is 12.1 Å². The van der Waals surface area contributed by atoms with Crippen LogP contribution >= 0.6 is 22.6 Å². The molecule has 0 radical (unpaired) electrons. The van der Waals surface area contributed by atoms with E-state index < -0.39 is 0 Å². The van der Waals surface area contributed by atoms with Gasteiger partial charge in [-0.1, -0.05) is 12.1 Å². The summed E-state index contributed by atoms with van der Waals surface area (Å²) in [5, 5.41) is 4.36. The van der Waals surface area contributed by atoms with E-state index in [0.717, 1.165) is 43.6 Å². The number of halogens is 1. The molecule has 0 amide bonds. The van der Waals surface area contributed by atoms with E-state index in [2.05, 4.69) is 65.0 Å². The van der Waals surface area contributed by atoms with Gasteiger partial charge in [0.2, 0.25) is 17.8 Å². The van der Waals surface area contributed by atoms with E-state index >= 15 is 0 Å². The third kappa shape index (κ3) is 5.09. The van der Waals surface area contributed by atoms with Crippen molar-refractivity contribution < 1.29 is 0 Å². The zero-order valence-electron chi connectivity index (χ0n) is 16.0. The van der Waals surface area contributed by atoms with Gasteiger partial charge in [-0.3, -0.25) is 0 Å². The number of hydrogen-bond donors (Lipinski definition) is 1. The lowest BCUT2D eigenvalue weighted by Crippen LogP contribution is -2.34. The SMILES string of the molecule is Ic1cccc(/C=N/Nc2nc(N3CCCCC3)nc(N3CCCCC3)n2)c1. The van der Waals surface area contributed by atoms with Crippen LogP contribution in [0.3, 0.4) is 0 Å². The van der Waals surface area contributed by atoms with Crippen LogP contribution in [-0.4, -0.2) is 47.3 Å². The lowest BCUT2D eigenvalue weighted by atomic mass is 10.1. The van der Waals surface area contributed by atoms with Gasteiger partial charge in [0.05, 0.1) is 6.21 Å². The van der Waals surface area contributed by atoms with Crippen molar-refractivity contribution in [1.82, 2.24) is 15.0 Å². The Kier molecular flexibility index (Phi) is 6.56. The van der Waals surface area contributed by atoms with Crippen molar-refractivity contribution in [1.29, 1.82) is 0 Å². The highest BCUT2D eigenvalue weighted by molar-refractivity contribution is 14.1. The average Bonchev–Trinajstić information content (AvgIpc) is 2.75. The molecule has 2 aliphatic rings. The van der Waals surface area contributed by atoms with Gasteiger partial charge in [-0.2, -0.15) is 20.1 Å². The Morgan fingerprint density at radius 3 is 2.04 bits per heavy atom. The fraction of sp³-hybridized carbons (Fsp3) is 0.500. The number of piperidine rings is 2. The van der Waals surface area contributed by atoms with Crippen molar-refractivity contribution in [2.24, 2.45) is 5.10 Å². The molecule has 3 heterocycles. The summed E-state index contributed by atoms with van der Waals surface area (Å²) in [5.41, 5.74) is 4.07. The van der Waals surface area contributed by atoms with Crippen molar-refractivity contribution in [2.45, 2.75) is 38.5 Å². The molecule has 8 heteroatoms. The van der Waals surface area contributed by atoms with Gasteiger partial charge in [0, 0.05) is 29.7 Å². The van der Waals surface area contributed by atoms with E-state index in [1.165, 1.54) is 42.1 Å². The molecule has 0 atom stereocenters. The number of aromatic nitrogens is 3. The fourth-order valence-corrected chi connectivity index (χ4v) is 4.19. The maximum atomic E-state index is 4.80. The molecule has 4 rings (SSSR count). The second kappa shape index (κ2) is 9.49. The number of hydrazone groups is 1. The first-order valence-corrected chi connectivity index (χ1v) is 11.2. The monoisotopic (exact) mass is 491 g/mol. The number of anilines is 3. The molecule has 2 fully saturated rings. The maximum absolute atomic E-state index is 4.80. The second-order valence-electron chi connectivity index (χ2n) is 7.28. The lowest BCUT2D eigenvalue weighted by Gasteiger charge is -2.30. The first kappa shape index (κ1) is 19.4. The standard InChI is InChI=1S/C20H26IN7/c21-17-9-7-8-16(14-17)15-22-26-18-23-19(27-10-3-1-4-11-27)25-20(24-18)28-12-5-2-6-13-28/h7-9,14-15H,1-6,10-13H2,(H,23,24,25,26)/b22-15+. The normalized spacial score (nSPS) is 17.9. The van der Waals surface area contributed by atoms with Crippen molar-refractivity contribution in [3.8, 4) is 0 Å². The quantitative estimate of drug-likeness (QED) is 0.389. The predicted octanol–water partition coefficient (Wildman–Crippen LogP) is 3.90. The summed E-state index contributed by atoms with van der Waals surface area (Å²) in [6, 6.07) is 8.19. The van der Waals surface area contributed by atoms with Crippen LogP contribution in [0.15, 0.2) is 29.4 Å². The number of rotatable bonds is 5. The number of nitrogens with one attached hydrogen (secondary N) is 1. The first-order chi connectivity index (χ1) is 13.8. The molecule has 1 aromatic heterocycles. The molecule has 1 N–H and O–H groups in total. The number of nitrogens with zero attached hydrogens (tertiary/aromatic N) is 6. The molecule has 7 nitrogen and oxygen atoms in total. The highest BCUT2D eigenvalue weighted by atomic mass is 127. The van der Waals surface area contributed by atoms with Crippen LogP contribution in [0.5, 0.6) is 0 Å². The van der Waals surface area contributed by atoms with Crippen LogP contribution in [0, 0.1) is 3.57 Å². The van der Waals surface area contributed by atoms with Crippen LogP contribution in [0.1, 0.15) is 44.1 Å². The van der Waals surface area contributed by atoms with E-state index in [4.69, 9.17) is 4.98 Å². The zero-order valence-corrected chi connectivity index (χ0v) is 18.2. The molecule has 1 aromatic carbocycles. The zero-order chi connectivity index (χ0) is 19.2. The molecule has 0 saturated carbocycles. The van der Waals surface area contributed by atoms with Gasteiger partial charge in [0.25, 0.3) is 0 Å². The van der Waals surface area contributed by atoms with Gasteiger partial charge < -0.3 is 9.80 Å². The smallest absolute Gasteiger partial charge is 0.250 e. The molecular weight excluding hydrogens is 465 g/mol. The Morgan fingerprint density at radius 1 is 0.857 bits per heavy atom. The van der Waals surface area contributed by atoms with Crippen molar-refractivity contribution in [2.75, 3.05) is 41.4 Å². The summed E-state index contributed by atoms with van der Waals surface area (Å²) in [6.45, 7) is 4.03. The van der Waals surface area contributed by atoms with Crippen molar-refractivity contribution in [3.63, 3.8) is 0 Å². The minimum absolute atomic E-state index is 0.512. The lowest BCUT2D eigenvalue weighted by molar-refractivity contribution is 0.556. The molecule has 2 aliphatic heterocycles. The Bertz CT molecular complexity index is 778. The molecule has 148 valence electrons. The minimum atomic E-state index is 0.512. The Hall–Kier alpha value is -1.97. The van der Waals surface area contributed by atoms with Gasteiger partial charge >= 0.3 is 0 Å². The molecular formula is C20H26IN7. The highest BCUT2D eigenvalue weighted by Gasteiger charge is 2.20. The molecule has 0 unspecified atom stereocenters. The predicted molar refractivity (Wildman–Crippen MR) is 122 cm³/mol. The number of hydrogen-bond acceptors (Lipinski definition) is 7. The summed E-state index contributed by atoms with van der Waals surface area (Å²) < 4.78 is 1.18. The van der Waals surface area contributed by atoms with Gasteiger partial charge in [-0.05, 0) is 78.8 Å². The van der Waals surface area contributed by atoms with Crippen molar-refractivity contribution >= 4 is 46.7 Å².